The fraction of sp³-hybridized carbons (Fsp3) is 0.308. The number of hydrogen-bond donors (Lipinski definition) is 1. The molecule has 0 aromatic carbocycles. The molecule has 0 saturated carbocycles. The van der Waals surface area contributed by atoms with Crippen LogP contribution in [-0.2, 0) is 7.05 Å². The molecule has 2 aromatic rings. The molecule has 1 N–H and O–H groups in total. The van der Waals surface area contributed by atoms with Crippen molar-refractivity contribution >= 4 is 16.6 Å². The lowest BCUT2D eigenvalue weighted by molar-refractivity contribution is 0.739. The fourth-order valence-electron chi connectivity index (χ4n) is 2.32. The zero-order chi connectivity index (χ0) is 11.0. The molecule has 0 bridgehead atoms. The first-order valence-corrected chi connectivity index (χ1v) is 5.66. The Bertz CT molecular complexity index is 551. The lowest BCUT2D eigenvalue weighted by Gasteiger charge is -2.13. The number of nitrogens with zero attached hydrogens (tertiary/aromatic N) is 2. The normalized spacial score (nSPS) is 16.4. The summed E-state index contributed by atoms with van der Waals surface area (Å²) in [6, 6.07) is 4.15. The Labute approximate surface area is 94.8 Å². The summed E-state index contributed by atoms with van der Waals surface area (Å²) in [5.41, 5.74) is 3.77. The van der Waals surface area contributed by atoms with Crippen LogP contribution in [0.5, 0.6) is 0 Å². The van der Waals surface area contributed by atoms with Gasteiger partial charge in [0.25, 0.3) is 0 Å². The van der Waals surface area contributed by atoms with E-state index in [0.717, 1.165) is 25.2 Å². The van der Waals surface area contributed by atoms with E-state index in [-0.39, 0.29) is 0 Å². The zero-order valence-electron chi connectivity index (χ0n) is 9.40. The summed E-state index contributed by atoms with van der Waals surface area (Å²) in [6.45, 7) is 2.06. The predicted molar refractivity (Wildman–Crippen MR) is 66.2 cm³/mol. The number of fused-ring (bicyclic) bond motifs is 1. The van der Waals surface area contributed by atoms with Crippen LogP contribution < -0.4 is 5.32 Å². The zero-order valence-corrected chi connectivity index (χ0v) is 9.40. The van der Waals surface area contributed by atoms with E-state index in [0.29, 0.717) is 0 Å². The van der Waals surface area contributed by atoms with E-state index < -0.39 is 0 Å². The molecule has 1 aliphatic heterocycles. The second kappa shape index (κ2) is 3.76. The number of rotatable bonds is 1. The minimum atomic E-state index is 0.966. The highest BCUT2D eigenvalue weighted by molar-refractivity contribution is 5.91. The van der Waals surface area contributed by atoms with Crippen molar-refractivity contribution in [3.05, 3.63) is 36.2 Å². The summed E-state index contributed by atoms with van der Waals surface area (Å²) in [4.78, 5) is 4.41. The molecule has 0 atom stereocenters. The number of hydrogen-bond acceptors (Lipinski definition) is 2. The van der Waals surface area contributed by atoms with Crippen LogP contribution in [0.1, 0.15) is 12.0 Å². The van der Waals surface area contributed by atoms with Crippen molar-refractivity contribution in [2.45, 2.75) is 6.42 Å². The second-order valence-electron chi connectivity index (χ2n) is 4.22. The van der Waals surface area contributed by atoms with Crippen molar-refractivity contribution in [3.63, 3.8) is 0 Å². The SMILES string of the molecule is Cn1cc(C2=CCCNC2)c2cccnc21. The molecule has 0 aliphatic carbocycles. The van der Waals surface area contributed by atoms with Crippen molar-refractivity contribution in [1.29, 1.82) is 0 Å². The maximum atomic E-state index is 4.41. The van der Waals surface area contributed by atoms with E-state index in [9.17, 15) is 0 Å². The molecular formula is C13H15N3. The van der Waals surface area contributed by atoms with Crippen molar-refractivity contribution in [3.8, 4) is 0 Å². The third-order valence-corrected chi connectivity index (χ3v) is 3.11. The fourth-order valence-corrected chi connectivity index (χ4v) is 2.32. The van der Waals surface area contributed by atoms with E-state index in [1.807, 2.05) is 12.3 Å². The van der Waals surface area contributed by atoms with Gasteiger partial charge in [-0.1, -0.05) is 6.08 Å². The minimum Gasteiger partial charge on any atom is -0.335 e. The van der Waals surface area contributed by atoms with Crippen molar-refractivity contribution in [2.75, 3.05) is 13.1 Å². The molecule has 3 nitrogen and oxygen atoms in total. The molecule has 0 fully saturated rings. The van der Waals surface area contributed by atoms with E-state index in [1.54, 1.807) is 0 Å². The quantitative estimate of drug-likeness (QED) is 0.784. The van der Waals surface area contributed by atoms with Gasteiger partial charge in [-0.05, 0) is 30.7 Å². The van der Waals surface area contributed by atoms with Crippen LogP contribution >= 0.6 is 0 Å². The first-order valence-electron chi connectivity index (χ1n) is 5.66. The Morgan fingerprint density at radius 3 is 3.19 bits per heavy atom. The average molecular weight is 213 g/mol. The summed E-state index contributed by atoms with van der Waals surface area (Å²) in [6.07, 6.45) is 7.47. The summed E-state index contributed by atoms with van der Waals surface area (Å²) >= 11 is 0. The highest BCUT2D eigenvalue weighted by atomic mass is 15.0. The van der Waals surface area contributed by atoms with Gasteiger partial charge in [0.2, 0.25) is 0 Å². The molecule has 0 radical (unpaired) electrons. The molecule has 16 heavy (non-hydrogen) atoms. The van der Waals surface area contributed by atoms with E-state index in [2.05, 4.69) is 40.3 Å². The summed E-state index contributed by atoms with van der Waals surface area (Å²) in [7, 11) is 2.05. The van der Waals surface area contributed by atoms with Crippen LogP contribution in [-0.4, -0.2) is 22.6 Å². The molecule has 0 spiro atoms. The molecule has 2 aromatic heterocycles. The molecule has 3 heterocycles. The van der Waals surface area contributed by atoms with Gasteiger partial charge in [0.15, 0.2) is 0 Å². The Morgan fingerprint density at radius 1 is 1.44 bits per heavy atom. The smallest absolute Gasteiger partial charge is 0.140 e. The highest BCUT2D eigenvalue weighted by Gasteiger charge is 2.12. The van der Waals surface area contributed by atoms with Gasteiger partial charge in [0, 0.05) is 36.9 Å². The van der Waals surface area contributed by atoms with Gasteiger partial charge in [-0.25, -0.2) is 4.98 Å². The molecule has 82 valence electrons. The van der Waals surface area contributed by atoms with Gasteiger partial charge in [0.05, 0.1) is 0 Å². The molecule has 3 heteroatoms. The third kappa shape index (κ3) is 1.44. The lowest BCUT2D eigenvalue weighted by Crippen LogP contribution is -2.21. The van der Waals surface area contributed by atoms with Gasteiger partial charge in [-0.2, -0.15) is 0 Å². The van der Waals surface area contributed by atoms with Gasteiger partial charge in [-0.15, -0.1) is 0 Å². The first-order chi connectivity index (χ1) is 7.86. The average Bonchev–Trinajstić information content (AvgIpc) is 2.69. The van der Waals surface area contributed by atoms with Crippen LogP contribution in [0, 0.1) is 0 Å². The van der Waals surface area contributed by atoms with Crippen LogP contribution in [0.3, 0.4) is 0 Å². The van der Waals surface area contributed by atoms with Crippen molar-refractivity contribution in [2.24, 2.45) is 7.05 Å². The topological polar surface area (TPSA) is 29.9 Å². The standard InChI is InChI=1S/C13H15N3/c1-16-9-12(10-4-2-6-14-8-10)11-5-3-7-15-13(11)16/h3-5,7,9,14H,2,6,8H2,1H3. The van der Waals surface area contributed by atoms with Crippen molar-refractivity contribution in [1.82, 2.24) is 14.9 Å². The molecule has 0 amide bonds. The lowest BCUT2D eigenvalue weighted by atomic mass is 10.0. The van der Waals surface area contributed by atoms with Crippen LogP contribution in [0.25, 0.3) is 16.6 Å². The molecular weight excluding hydrogens is 198 g/mol. The Kier molecular flexibility index (Phi) is 2.26. The second-order valence-corrected chi connectivity index (χ2v) is 4.22. The molecule has 0 unspecified atom stereocenters. The van der Waals surface area contributed by atoms with Crippen molar-refractivity contribution < 1.29 is 0 Å². The third-order valence-electron chi connectivity index (χ3n) is 3.11. The maximum absolute atomic E-state index is 4.41. The Balaban J connectivity index is 2.20. The Morgan fingerprint density at radius 2 is 2.38 bits per heavy atom. The summed E-state index contributed by atoms with van der Waals surface area (Å²) < 4.78 is 2.10. The number of aryl methyl sites for hydroxylation is 1. The van der Waals surface area contributed by atoms with Crippen LogP contribution in [0.2, 0.25) is 0 Å². The number of pyridine rings is 1. The highest BCUT2D eigenvalue weighted by Crippen LogP contribution is 2.26. The predicted octanol–water partition coefficient (Wildman–Crippen LogP) is 1.95. The first kappa shape index (κ1) is 9.60. The largest absolute Gasteiger partial charge is 0.335 e. The van der Waals surface area contributed by atoms with Gasteiger partial charge in [-0.3, -0.25) is 0 Å². The minimum absolute atomic E-state index is 0.966. The van der Waals surface area contributed by atoms with E-state index >= 15 is 0 Å². The van der Waals surface area contributed by atoms with Gasteiger partial charge < -0.3 is 9.88 Å². The van der Waals surface area contributed by atoms with Gasteiger partial charge in [0.1, 0.15) is 5.65 Å². The molecule has 0 saturated heterocycles. The van der Waals surface area contributed by atoms with Crippen LogP contribution in [0.4, 0.5) is 0 Å². The number of aromatic nitrogens is 2. The molecule has 3 rings (SSSR count). The summed E-state index contributed by atoms with van der Waals surface area (Å²) in [5, 5.41) is 4.66. The van der Waals surface area contributed by atoms with E-state index in [4.69, 9.17) is 0 Å². The van der Waals surface area contributed by atoms with Gasteiger partial charge >= 0.3 is 0 Å². The maximum Gasteiger partial charge on any atom is 0.140 e. The van der Waals surface area contributed by atoms with Crippen LogP contribution in [0.15, 0.2) is 30.6 Å². The van der Waals surface area contributed by atoms with E-state index in [1.165, 1.54) is 16.5 Å². The monoisotopic (exact) mass is 213 g/mol. The summed E-state index contributed by atoms with van der Waals surface area (Å²) in [5.74, 6) is 0. The Hall–Kier alpha value is -1.61. The number of nitrogens with one attached hydrogen (secondary N) is 1. The molecule has 1 aliphatic rings.